The summed E-state index contributed by atoms with van der Waals surface area (Å²) < 4.78 is 6.34. The highest BCUT2D eigenvalue weighted by atomic mass is 79.9. The van der Waals surface area contributed by atoms with Gasteiger partial charge in [0.1, 0.15) is 5.75 Å². The van der Waals surface area contributed by atoms with E-state index in [1.54, 1.807) is 12.3 Å². The van der Waals surface area contributed by atoms with Crippen molar-refractivity contribution in [1.82, 2.24) is 0 Å². The van der Waals surface area contributed by atoms with Crippen LogP contribution in [0.3, 0.4) is 0 Å². The Morgan fingerprint density at radius 2 is 1.93 bits per heavy atom. The van der Waals surface area contributed by atoms with Gasteiger partial charge in [-0.15, -0.1) is 0 Å². The Hall–Kier alpha value is -2.63. The molecule has 1 amide bonds. The van der Waals surface area contributed by atoms with Crippen LogP contribution in [-0.4, -0.2) is 18.7 Å². The number of ether oxygens (including phenoxy) is 1. The molecule has 0 bridgehead atoms. The summed E-state index contributed by atoms with van der Waals surface area (Å²) in [5, 5.41) is 3.47. The van der Waals surface area contributed by atoms with Gasteiger partial charge >= 0.3 is 0 Å². The molecule has 4 nitrogen and oxygen atoms in total. The van der Waals surface area contributed by atoms with Crippen LogP contribution in [-0.2, 0) is 4.79 Å². The lowest BCUT2D eigenvalue weighted by Crippen LogP contribution is -2.20. The van der Waals surface area contributed by atoms with Crippen molar-refractivity contribution in [1.29, 1.82) is 0 Å². The minimum atomic E-state index is -0.222. The summed E-state index contributed by atoms with van der Waals surface area (Å²) in [4.78, 5) is 16.4. The molecule has 28 heavy (non-hydrogen) atoms. The standard InChI is InChI=1S/C22H18BrClN2O2/c1-15-7-9-18(12-20(15)24)25-13-16-8-10-21(19(23)11-16)28-14-22(27)26-17-5-3-2-4-6-17/h2-13H,14H2,1H3,(H,26,27). The lowest BCUT2D eigenvalue weighted by Gasteiger charge is -2.09. The lowest BCUT2D eigenvalue weighted by molar-refractivity contribution is -0.118. The van der Waals surface area contributed by atoms with E-state index in [9.17, 15) is 4.79 Å². The average Bonchev–Trinajstić information content (AvgIpc) is 2.69. The van der Waals surface area contributed by atoms with Gasteiger partial charge in [0.15, 0.2) is 6.61 Å². The Morgan fingerprint density at radius 3 is 2.64 bits per heavy atom. The van der Waals surface area contributed by atoms with Crippen molar-refractivity contribution in [3.05, 3.63) is 87.4 Å². The van der Waals surface area contributed by atoms with E-state index in [0.29, 0.717) is 10.8 Å². The highest BCUT2D eigenvalue weighted by Crippen LogP contribution is 2.26. The fraction of sp³-hybridized carbons (Fsp3) is 0.0909. The van der Waals surface area contributed by atoms with Crippen LogP contribution in [0, 0.1) is 6.92 Å². The molecule has 142 valence electrons. The number of anilines is 1. The largest absolute Gasteiger partial charge is 0.483 e. The zero-order chi connectivity index (χ0) is 19.9. The van der Waals surface area contributed by atoms with E-state index in [2.05, 4.69) is 26.2 Å². The first-order valence-corrected chi connectivity index (χ1v) is 9.76. The molecule has 0 spiro atoms. The van der Waals surface area contributed by atoms with Gasteiger partial charge in [0.05, 0.1) is 10.2 Å². The van der Waals surface area contributed by atoms with E-state index < -0.39 is 0 Å². The molecule has 0 fully saturated rings. The molecule has 3 aromatic rings. The molecule has 3 rings (SSSR count). The Balaban J connectivity index is 1.59. The van der Waals surface area contributed by atoms with Crippen LogP contribution in [0.15, 0.2) is 76.2 Å². The SMILES string of the molecule is Cc1ccc(N=Cc2ccc(OCC(=O)Nc3ccccc3)c(Br)c2)cc1Cl. The van der Waals surface area contributed by atoms with Crippen LogP contribution in [0.4, 0.5) is 11.4 Å². The van der Waals surface area contributed by atoms with E-state index >= 15 is 0 Å². The van der Waals surface area contributed by atoms with Crippen molar-refractivity contribution in [3.63, 3.8) is 0 Å². The first kappa shape index (κ1) is 20.1. The zero-order valence-electron chi connectivity index (χ0n) is 15.2. The third-order valence-electron chi connectivity index (χ3n) is 3.89. The van der Waals surface area contributed by atoms with Gasteiger partial charge in [0.2, 0.25) is 0 Å². The summed E-state index contributed by atoms with van der Waals surface area (Å²) in [7, 11) is 0. The van der Waals surface area contributed by atoms with Gasteiger partial charge < -0.3 is 10.1 Å². The quantitative estimate of drug-likeness (QED) is 0.449. The molecule has 0 aromatic heterocycles. The summed E-state index contributed by atoms with van der Waals surface area (Å²) in [5.41, 5.74) is 3.42. The number of carbonyl (C=O) groups is 1. The van der Waals surface area contributed by atoms with Gasteiger partial charge in [-0.1, -0.05) is 35.9 Å². The molecular weight excluding hydrogens is 440 g/mol. The smallest absolute Gasteiger partial charge is 0.262 e. The third-order valence-corrected chi connectivity index (χ3v) is 4.92. The molecule has 0 aliphatic heterocycles. The Bertz CT molecular complexity index is 1010. The Kier molecular flexibility index (Phi) is 6.85. The molecule has 3 aromatic carbocycles. The van der Waals surface area contributed by atoms with Crippen LogP contribution in [0.5, 0.6) is 5.75 Å². The molecule has 0 radical (unpaired) electrons. The molecule has 0 unspecified atom stereocenters. The van der Waals surface area contributed by atoms with E-state index in [-0.39, 0.29) is 12.5 Å². The van der Waals surface area contributed by atoms with Crippen molar-refractivity contribution in [2.75, 3.05) is 11.9 Å². The molecule has 0 heterocycles. The second kappa shape index (κ2) is 9.53. The second-order valence-electron chi connectivity index (χ2n) is 6.08. The van der Waals surface area contributed by atoms with Crippen molar-refractivity contribution in [3.8, 4) is 5.75 Å². The molecule has 0 aliphatic carbocycles. The van der Waals surface area contributed by atoms with Gasteiger partial charge in [0.25, 0.3) is 5.91 Å². The van der Waals surface area contributed by atoms with Gasteiger partial charge in [-0.2, -0.15) is 0 Å². The number of benzene rings is 3. The number of nitrogens with zero attached hydrogens (tertiary/aromatic N) is 1. The van der Waals surface area contributed by atoms with Crippen molar-refractivity contribution in [2.24, 2.45) is 4.99 Å². The maximum Gasteiger partial charge on any atom is 0.262 e. The van der Waals surface area contributed by atoms with Crippen molar-refractivity contribution >= 4 is 51.0 Å². The van der Waals surface area contributed by atoms with Crippen molar-refractivity contribution < 1.29 is 9.53 Å². The number of hydrogen-bond acceptors (Lipinski definition) is 3. The van der Waals surface area contributed by atoms with Gasteiger partial charge in [-0.25, -0.2) is 0 Å². The van der Waals surface area contributed by atoms with Gasteiger partial charge in [-0.3, -0.25) is 9.79 Å². The van der Waals surface area contributed by atoms with Crippen molar-refractivity contribution in [2.45, 2.75) is 6.92 Å². The number of aliphatic imine (C=N–C) groups is 1. The topological polar surface area (TPSA) is 50.7 Å². The molecule has 6 heteroatoms. The second-order valence-corrected chi connectivity index (χ2v) is 7.35. The number of hydrogen-bond donors (Lipinski definition) is 1. The Morgan fingerprint density at radius 1 is 1.14 bits per heavy atom. The van der Waals surface area contributed by atoms with Crippen LogP contribution in [0.1, 0.15) is 11.1 Å². The fourth-order valence-electron chi connectivity index (χ4n) is 2.39. The maximum absolute atomic E-state index is 12.0. The van der Waals surface area contributed by atoms with Gasteiger partial charge in [0, 0.05) is 16.9 Å². The highest BCUT2D eigenvalue weighted by molar-refractivity contribution is 9.10. The summed E-state index contributed by atoms with van der Waals surface area (Å²) >= 11 is 9.59. The predicted octanol–water partition coefficient (Wildman–Crippen LogP) is 6.18. The minimum Gasteiger partial charge on any atom is -0.483 e. The number of rotatable bonds is 6. The van der Waals surface area contributed by atoms with Crippen LogP contribution in [0.2, 0.25) is 5.02 Å². The number of amides is 1. The Labute approximate surface area is 177 Å². The molecule has 0 atom stereocenters. The van der Waals surface area contributed by atoms with Crippen LogP contribution >= 0.6 is 27.5 Å². The van der Waals surface area contributed by atoms with E-state index in [4.69, 9.17) is 16.3 Å². The number of carbonyl (C=O) groups excluding carboxylic acids is 1. The van der Waals surface area contributed by atoms with Crippen LogP contribution < -0.4 is 10.1 Å². The van der Waals surface area contributed by atoms with Gasteiger partial charge in [-0.05, 0) is 76.4 Å². The number of halogens is 2. The monoisotopic (exact) mass is 456 g/mol. The van der Waals surface area contributed by atoms with E-state index in [0.717, 1.165) is 27.0 Å². The summed E-state index contributed by atoms with van der Waals surface area (Å²) in [5.74, 6) is 0.360. The normalized spacial score (nSPS) is 10.8. The number of para-hydroxylation sites is 1. The van der Waals surface area contributed by atoms with E-state index in [1.807, 2.05) is 67.6 Å². The lowest BCUT2D eigenvalue weighted by atomic mass is 10.2. The first-order valence-electron chi connectivity index (χ1n) is 8.59. The molecular formula is C22H18BrClN2O2. The molecule has 1 N–H and O–H groups in total. The molecule has 0 saturated carbocycles. The number of aryl methyl sites for hydroxylation is 1. The van der Waals surface area contributed by atoms with E-state index in [1.165, 1.54) is 0 Å². The molecule has 0 saturated heterocycles. The molecule has 0 aliphatic rings. The number of nitrogens with one attached hydrogen (secondary N) is 1. The zero-order valence-corrected chi connectivity index (χ0v) is 17.5. The third kappa shape index (κ3) is 5.68. The average molecular weight is 458 g/mol. The minimum absolute atomic E-state index is 0.0806. The van der Waals surface area contributed by atoms with Crippen LogP contribution in [0.25, 0.3) is 0 Å². The summed E-state index contributed by atoms with van der Waals surface area (Å²) in [6.45, 7) is 1.87. The summed E-state index contributed by atoms with van der Waals surface area (Å²) in [6, 6.07) is 20.5. The fourth-order valence-corrected chi connectivity index (χ4v) is 3.07. The first-order chi connectivity index (χ1) is 13.5. The highest BCUT2D eigenvalue weighted by Gasteiger charge is 2.07. The predicted molar refractivity (Wildman–Crippen MR) is 118 cm³/mol. The maximum atomic E-state index is 12.0. The summed E-state index contributed by atoms with van der Waals surface area (Å²) in [6.07, 6.45) is 1.75.